The van der Waals surface area contributed by atoms with Gasteiger partial charge in [0.05, 0.1) is 5.57 Å². The van der Waals surface area contributed by atoms with Crippen LogP contribution in [0.3, 0.4) is 0 Å². The van der Waals surface area contributed by atoms with E-state index in [0.717, 1.165) is 54.3 Å². The average molecular weight is 412 g/mol. The molecule has 1 spiro atoms. The Hall–Kier alpha value is -3.57. The first-order chi connectivity index (χ1) is 15.2. The van der Waals surface area contributed by atoms with Crippen molar-refractivity contribution in [2.75, 3.05) is 23.7 Å². The highest BCUT2D eigenvalue weighted by molar-refractivity contribution is 6.26. The highest BCUT2D eigenvalue weighted by Gasteiger charge is 2.38. The molecular weight excluding hydrogens is 386 g/mol. The van der Waals surface area contributed by atoms with Crippen LogP contribution in [0.25, 0.3) is 5.57 Å². The quantitative estimate of drug-likeness (QED) is 0.567. The van der Waals surface area contributed by atoms with Crippen LogP contribution in [0.4, 0.5) is 17.1 Å². The molecule has 2 aliphatic heterocycles. The van der Waals surface area contributed by atoms with Gasteiger partial charge in [0.1, 0.15) is 11.4 Å². The molecule has 1 amide bonds. The fourth-order valence-electron chi connectivity index (χ4n) is 4.18. The van der Waals surface area contributed by atoms with Gasteiger partial charge in [-0.3, -0.25) is 4.79 Å². The molecule has 0 atom stereocenters. The Balaban J connectivity index is 1.36. The van der Waals surface area contributed by atoms with Crippen molar-refractivity contribution in [2.24, 2.45) is 0 Å². The van der Waals surface area contributed by atoms with E-state index in [1.165, 1.54) is 0 Å². The molecule has 156 valence electrons. The van der Waals surface area contributed by atoms with Crippen molar-refractivity contribution < 1.29 is 9.53 Å². The summed E-state index contributed by atoms with van der Waals surface area (Å²) in [5.41, 5.74) is 3.84. The second kappa shape index (κ2) is 8.28. The number of piperidine rings is 1. The molecule has 0 aliphatic carbocycles. The molecule has 2 heterocycles. The molecule has 3 N–H and O–H groups in total. The Morgan fingerprint density at radius 1 is 0.806 bits per heavy atom. The van der Waals surface area contributed by atoms with Crippen molar-refractivity contribution in [1.29, 1.82) is 0 Å². The van der Waals surface area contributed by atoms with Crippen LogP contribution in [0, 0.1) is 0 Å². The maximum atomic E-state index is 13.3. The van der Waals surface area contributed by atoms with E-state index < -0.39 is 5.60 Å². The molecule has 0 saturated carbocycles. The molecule has 31 heavy (non-hydrogen) atoms. The number of amides is 1. The molecule has 1 saturated heterocycles. The Kier molecular flexibility index (Phi) is 5.18. The van der Waals surface area contributed by atoms with E-state index in [9.17, 15) is 4.79 Å². The van der Waals surface area contributed by atoms with Crippen LogP contribution in [-0.2, 0) is 4.79 Å². The molecule has 5 nitrogen and oxygen atoms in total. The Morgan fingerprint density at radius 2 is 1.45 bits per heavy atom. The number of carbonyl (C=O) groups excluding carboxylic acids is 1. The number of ether oxygens (including phenoxy) is 1. The van der Waals surface area contributed by atoms with Crippen molar-refractivity contribution in [2.45, 2.75) is 18.4 Å². The minimum Gasteiger partial charge on any atom is -0.482 e. The number of rotatable bonds is 4. The lowest BCUT2D eigenvalue weighted by molar-refractivity contribution is -0.111. The summed E-state index contributed by atoms with van der Waals surface area (Å²) in [5, 5.41) is 9.78. The molecule has 0 aromatic heterocycles. The van der Waals surface area contributed by atoms with E-state index in [1.54, 1.807) is 0 Å². The lowest BCUT2D eigenvalue weighted by Gasteiger charge is -2.39. The zero-order valence-corrected chi connectivity index (χ0v) is 17.2. The first kappa shape index (κ1) is 19.4. The van der Waals surface area contributed by atoms with Crippen LogP contribution in [0.2, 0.25) is 0 Å². The normalized spacial score (nSPS) is 16.6. The number of hydrogen-bond donors (Lipinski definition) is 3. The van der Waals surface area contributed by atoms with E-state index in [4.69, 9.17) is 4.74 Å². The fraction of sp³-hybridized carbons (Fsp3) is 0.192. The first-order valence-electron chi connectivity index (χ1n) is 10.7. The standard InChI is InChI=1S/C26H25N3O2/c30-25(29-21-12-10-20(11-13-21)28-19-6-2-1-3-7-19)23-18-26(14-16-27-17-15-26)31-24-9-5-4-8-22(23)24/h1-13,18,27-28H,14-17H2,(H,29,30). The summed E-state index contributed by atoms with van der Waals surface area (Å²) < 4.78 is 6.36. The van der Waals surface area contributed by atoms with Gasteiger partial charge in [-0.1, -0.05) is 36.4 Å². The molecule has 3 aromatic carbocycles. The summed E-state index contributed by atoms with van der Waals surface area (Å²) in [6, 6.07) is 25.5. The van der Waals surface area contributed by atoms with Crippen molar-refractivity contribution >= 4 is 28.5 Å². The van der Waals surface area contributed by atoms with E-state index in [0.29, 0.717) is 5.57 Å². The van der Waals surface area contributed by atoms with Crippen molar-refractivity contribution in [3.8, 4) is 5.75 Å². The van der Waals surface area contributed by atoms with Gasteiger partial charge in [-0.15, -0.1) is 0 Å². The number of anilines is 3. The molecule has 5 heteroatoms. The zero-order chi connectivity index (χ0) is 21.1. The number of hydrogen-bond acceptors (Lipinski definition) is 4. The van der Waals surface area contributed by atoms with Gasteiger partial charge in [0.2, 0.25) is 0 Å². The number of benzene rings is 3. The van der Waals surface area contributed by atoms with Gasteiger partial charge in [-0.05, 0) is 61.6 Å². The molecule has 0 bridgehead atoms. The van der Waals surface area contributed by atoms with Gasteiger partial charge in [0.15, 0.2) is 0 Å². The van der Waals surface area contributed by atoms with Gasteiger partial charge < -0.3 is 20.7 Å². The SMILES string of the molecule is O=C(Nc1ccc(Nc2ccccc2)cc1)C1=CC2(CCNCC2)Oc2ccccc21. The monoisotopic (exact) mass is 411 g/mol. The zero-order valence-electron chi connectivity index (χ0n) is 17.2. The third-order valence-electron chi connectivity index (χ3n) is 5.80. The van der Waals surface area contributed by atoms with Crippen LogP contribution in [0.1, 0.15) is 18.4 Å². The van der Waals surface area contributed by atoms with Crippen LogP contribution < -0.4 is 20.7 Å². The molecule has 0 radical (unpaired) electrons. The first-order valence-corrected chi connectivity index (χ1v) is 10.7. The third kappa shape index (κ3) is 4.18. The van der Waals surface area contributed by atoms with Crippen molar-refractivity contribution in [1.82, 2.24) is 5.32 Å². The number of para-hydroxylation sites is 2. The van der Waals surface area contributed by atoms with Gasteiger partial charge in [-0.25, -0.2) is 0 Å². The Labute approximate surface area is 182 Å². The summed E-state index contributed by atoms with van der Waals surface area (Å²) in [6.45, 7) is 1.76. The van der Waals surface area contributed by atoms with Gasteiger partial charge in [0.25, 0.3) is 5.91 Å². The summed E-state index contributed by atoms with van der Waals surface area (Å²) in [5.74, 6) is 0.664. The van der Waals surface area contributed by atoms with Gasteiger partial charge in [-0.2, -0.15) is 0 Å². The predicted octanol–water partition coefficient (Wildman–Crippen LogP) is 4.97. The van der Waals surface area contributed by atoms with E-state index in [-0.39, 0.29) is 5.91 Å². The lowest BCUT2D eigenvalue weighted by Crippen LogP contribution is -2.46. The van der Waals surface area contributed by atoms with Crippen LogP contribution in [0.5, 0.6) is 5.75 Å². The fourth-order valence-corrected chi connectivity index (χ4v) is 4.18. The summed E-state index contributed by atoms with van der Waals surface area (Å²) >= 11 is 0. The smallest absolute Gasteiger partial charge is 0.256 e. The average Bonchev–Trinajstić information content (AvgIpc) is 2.81. The minimum atomic E-state index is -0.421. The number of nitrogens with one attached hydrogen (secondary N) is 3. The number of carbonyl (C=O) groups is 1. The van der Waals surface area contributed by atoms with E-state index >= 15 is 0 Å². The van der Waals surface area contributed by atoms with Crippen LogP contribution in [0.15, 0.2) is 84.9 Å². The van der Waals surface area contributed by atoms with Gasteiger partial charge in [0, 0.05) is 35.5 Å². The second-order valence-electron chi connectivity index (χ2n) is 7.99. The molecule has 3 aromatic rings. The summed E-state index contributed by atoms with van der Waals surface area (Å²) in [4.78, 5) is 13.3. The molecule has 2 aliphatic rings. The molecule has 0 unspecified atom stereocenters. The Bertz CT molecular complexity index is 1100. The molecule has 1 fully saturated rings. The third-order valence-corrected chi connectivity index (χ3v) is 5.80. The predicted molar refractivity (Wildman–Crippen MR) is 125 cm³/mol. The summed E-state index contributed by atoms with van der Waals surface area (Å²) in [6.07, 6.45) is 3.72. The van der Waals surface area contributed by atoms with E-state index in [2.05, 4.69) is 16.0 Å². The van der Waals surface area contributed by atoms with Crippen molar-refractivity contribution in [3.63, 3.8) is 0 Å². The van der Waals surface area contributed by atoms with Gasteiger partial charge >= 0.3 is 0 Å². The van der Waals surface area contributed by atoms with E-state index in [1.807, 2.05) is 84.9 Å². The maximum Gasteiger partial charge on any atom is 0.256 e. The van der Waals surface area contributed by atoms with Crippen molar-refractivity contribution in [3.05, 3.63) is 90.5 Å². The number of fused-ring (bicyclic) bond motifs is 1. The maximum absolute atomic E-state index is 13.3. The highest BCUT2D eigenvalue weighted by Crippen LogP contribution is 2.40. The molecular formula is C26H25N3O2. The minimum absolute atomic E-state index is 0.113. The van der Waals surface area contributed by atoms with Crippen LogP contribution >= 0.6 is 0 Å². The highest BCUT2D eigenvalue weighted by atomic mass is 16.5. The van der Waals surface area contributed by atoms with Crippen LogP contribution in [-0.4, -0.2) is 24.6 Å². The second-order valence-corrected chi connectivity index (χ2v) is 7.99. The molecule has 5 rings (SSSR count). The summed E-state index contributed by atoms with van der Waals surface area (Å²) in [7, 11) is 0. The topological polar surface area (TPSA) is 62.4 Å². The lowest BCUT2D eigenvalue weighted by atomic mass is 9.85. The Morgan fingerprint density at radius 3 is 2.23 bits per heavy atom. The largest absolute Gasteiger partial charge is 0.482 e.